The summed E-state index contributed by atoms with van der Waals surface area (Å²) in [6.45, 7) is 0. The van der Waals surface area contributed by atoms with E-state index in [1.165, 1.54) is 51.1 Å². The average Bonchev–Trinajstić information content (AvgIpc) is 2.77. The first-order valence-electron chi connectivity index (χ1n) is 11.5. The maximum Gasteiger partial charge on any atom is 0.321 e. The van der Waals surface area contributed by atoms with Gasteiger partial charge in [-0.15, -0.1) is 0 Å². The molecule has 0 spiro atoms. The standard InChI is InChI=1S/C26H31N3O2/c1-27-25(31)29-24(30)23(20-5-3-2-4-6-20)28-22-9-7-21(8-10-22)26-14-17-11-18(15-26)13-19(12-17)16-26/h2-10,17-19,23,28H,11-16H2,1H3,(H2,27,29,30,31)/t17?,18?,19?,23-,26?/m1/s1. The molecule has 162 valence electrons. The van der Waals surface area contributed by atoms with Gasteiger partial charge in [-0.1, -0.05) is 42.5 Å². The first kappa shape index (κ1) is 20.1. The smallest absolute Gasteiger partial charge is 0.321 e. The zero-order valence-electron chi connectivity index (χ0n) is 18.1. The Morgan fingerprint density at radius 1 is 0.871 bits per heavy atom. The number of carbonyl (C=O) groups is 2. The number of rotatable bonds is 5. The summed E-state index contributed by atoms with van der Waals surface area (Å²) in [5, 5.41) is 8.17. The minimum absolute atomic E-state index is 0.364. The zero-order chi connectivity index (χ0) is 21.4. The Balaban J connectivity index is 1.36. The fourth-order valence-corrected chi connectivity index (χ4v) is 6.74. The molecule has 5 nitrogen and oxygen atoms in total. The van der Waals surface area contributed by atoms with E-state index in [9.17, 15) is 9.59 Å². The molecule has 0 saturated heterocycles. The Hall–Kier alpha value is -2.82. The number of nitrogens with one attached hydrogen (secondary N) is 3. The number of hydrogen-bond donors (Lipinski definition) is 3. The van der Waals surface area contributed by atoms with Gasteiger partial charge in [0.1, 0.15) is 6.04 Å². The Morgan fingerprint density at radius 3 is 2.00 bits per heavy atom. The summed E-state index contributed by atoms with van der Waals surface area (Å²) >= 11 is 0. The van der Waals surface area contributed by atoms with Gasteiger partial charge in [0, 0.05) is 12.7 Å². The normalized spacial score (nSPS) is 29.3. The van der Waals surface area contributed by atoms with Crippen LogP contribution >= 0.6 is 0 Å². The van der Waals surface area contributed by atoms with Crippen LogP contribution in [0.2, 0.25) is 0 Å². The van der Waals surface area contributed by atoms with Crippen LogP contribution in [-0.4, -0.2) is 19.0 Å². The Kier molecular flexibility index (Phi) is 5.20. The molecule has 4 fully saturated rings. The van der Waals surface area contributed by atoms with Crippen LogP contribution in [0.3, 0.4) is 0 Å². The van der Waals surface area contributed by atoms with Crippen molar-refractivity contribution in [3.63, 3.8) is 0 Å². The third-order valence-corrected chi connectivity index (χ3v) is 7.71. The van der Waals surface area contributed by atoms with Crippen molar-refractivity contribution in [2.75, 3.05) is 12.4 Å². The highest BCUT2D eigenvalue weighted by Gasteiger charge is 2.51. The van der Waals surface area contributed by atoms with Crippen LogP contribution in [0, 0.1) is 17.8 Å². The van der Waals surface area contributed by atoms with Crippen LogP contribution in [0.15, 0.2) is 54.6 Å². The number of carbonyl (C=O) groups excluding carboxylic acids is 2. The van der Waals surface area contributed by atoms with Gasteiger partial charge in [-0.3, -0.25) is 10.1 Å². The van der Waals surface area contributed by atoms with Gasteiger partial charge >= 0.3 is 6.03 Å². The molecule has 0 heterocycles. The quantitative estimate of drug-likeness (QED) is 0.657. The van der Waals surface area contributed by atoms with Crippen molar-refractivity contribution >= 4 is 17.6 Å². The molecule has 3 amide bonds. The molecule has 1 atom stereocenters. The molecule has 4 aliphatic rings. The second kappa shape index (κ2) is 8.03. The minimum Gasteiger partial charge on any atom is -0.370 e. The van der Waals surface area contributed by atoms with Gasteiger partial charge in [0.05, 0.1) is 0 Å². The molecule has 4 aliphatic carbocycles. The topological polar surface area (TPSA) is 70.2 Å². The summed E-state index contributed by atoms with van der Waals surface area (Å²) in [5.41, 5.74) is 3.52. The van der Waals surface area contributed by atoms with Crippen LogP contribution in [0.1, 0.15) is 55.7 Å². The van der Waals surface area contributed by atoms with E-state index in [0.717, 1.165) is 29.0 Å². The average molecular weight is 418 g/mol. The predicted molar refractivity (Wildman–Crippen MR) is 122 cm³/mol. The minimum atomic E-state index is -0.649. The highest BCUT2D eigenvalue weighted by atomic mass is 16.2. The zero-order valence-corrected chi connectivity index (χ0v) is 18.1. The molecule has 0 aromatic heterocycles. The van der Waals surface area contributed by atoms with E-state index in [1.807, 2.05) is 30.3 Å². The van der Waals surface area contributed by atoms with Gasteiger partial charge in [0.15, 0.2) is 0 Å². The molecule has 4 saturated carbocycles. The van der Waals surface area contributed by atoms with Crippen molar-refractivity contribution in [2.45, 2.75) is 50.0 Å². The van der Waals surface area contributed by atoms with Gasteiger partial charge in [-0.05, 0) is 85.0 Å². The molecular formula is C26H31N3O2. The van der Waals surface area contributed by atoms with Gasteiger partial charge in [-0.2, -0.15) is 0 Å². The van der Waals surface area contributed by atoms with Gasteiger partial charge in [0.2, 0.25) is 0 Å². The first-order chi connectivity index (χ1) is 15.0. The predicted octanol–water partition coefficient (Wildman–Crippen LogP) is 4.76. The maximum absolute atomic E-state index is 12.8. The van der Waals surface area contributed by atoms with Crippen LogP contribution in [0.5, 0.6) is 0 Å². The number of anilines is 1. The number of urea groups is 1. The summed E-state index contributed by atoms with van der Waals surface area (Å²) in [5.74, 6) is 2.37. The molecule has 3 N–H and O–H groups in total. The third kappa shape index (κ3) is 3.93. The summed E-state index contributed by atoms with van der Waals surface area (Å²) in [6.07, 6.45) is 8.35. The van der Waals surface area contributed by atoms with Crippen molar-refractivity contribution in [3.05, 3.63) is 65.7 Å². The van der Waals surface area contributed by atoms with Gasteiger partial charge in [0.25, 0.3) is 5.91 Å². The van der Waals surface area contributed by atoms with Crippen molar-refractivity contribution < 1.29 is 9.59 Å². The molecule has 5 heteroatoms. The number of hydrogen-bond acceptors (Lipinski definition) is 3. The molecule has 4 bridgehead atoms. The third-order valence-electron chi connectivity index (χ3n) is 7.71. The van der Waals surface area contributed by atoms with Crippen molar-refractivity contribution in [1.82, 2.24) is 10.6 Å². The molecule has 2 aromatic rings. The fraction of sp³-hybridized carbons (Fsp3) is 0.462. The molecule has 0 radical (unpaired) electrons. The largest absolute Gasteiger partial charge is 0.370 e. The molecule has 2 aromatic carbocycles. The van der Waals surface area contributed by atoms with E-state index in [4.69, 9.17) is 0 Å². The molecule has 0 unspecified atom stereocenters. The summed E-state index contributed by atoms with van der Waals surface area (Å²) in [7, 11) is 1.50. The molecule has 31 heavy (non-hydrogen) atoms. The number of imide groups is 1. The van der Waals surface area contributed by atoms with Gasteiger partial charge in [-0.25, -0.2) is 4.79 Å². The van der Waals surface area contributed by atoms with Crippen molar-refractivity contribution in [1.29, 1.82) is 0 Å². The SMILES string of the molecule is CNC(=O)NC(=O)[C@H](Nc1ccc(C23CC4CC(CC(C4)C2)C3)cc1)c1ccccc1. The van der Waals surface area contributed by atoms with E-state index >= 15 is 0 Å². The first-order valence-corrected chi connectivity index (χ1v) is 11.5. The Bertz CT molecular complexity index is 919. The molecular weight excluding hydrogens is 386 g/mol. The van der Waals surface area contributed by atoms with Crippen LogP contribution in [0.4, 0.5) is 10.5 Å². The highest BCUT2D eigenvalue weighted by molar-refractivity contribution is 5.98. The lowest BCUT2D eigenvalue weighted by molar-refractivity contribution is -0.120. The Morgan fingerprint density at radius 2 is 1.45 bits per heavy atom. The van der Waals surface area contributed by atoms with E-state index in [1.54, 1.807) is 0 Å². The van der Waals surface area contributed by atoms with Crippen molar-refractivity contribution in [3.8, 4) is 0 Å². The van der Waals surface area contributed by atoms with Crippen LogP contribution in [-0.2, 0) is 10.2 Å². The summed E-state index contributed by atoms with van der Waals surface area (Å²) < 4.78 is 0. The lowest BCUT2D eigenvalue weighted by Crippen LogP contribution is -2.48. The van der Waals surface area contributed by atoms with Crippen molar-refractivity contribution in [2.24, 2.45) is 17.8 Å². The van der Waals surface area contributed by atoms with Gasteiger partial charge < -0.3 is 10.6 Å². The molecule has 0 aliphatic heterocycles. The number of amides is 3. The van der Waals surface area contributed by atoms with E-state index in [0.29, 0.717) is 5.41 Å². The van der Waals surface area contributed by atoms with Crippen LogP contribution in [0.25, 0.3) is 0 Å². The second-order valence-electron chi connectivity index (χ2n) is 9.83. The number of benzene rings is 2. The fourth-order valence-electron chi connectivity index (χ4n) is 6.74. The van der Waals surface area contributed by atoms with Crippen LogP contribution < -0.4 is 16.0 Å². The lowest BCUT2D eigenvalue weighted by Gasteiger charge is -2.57. The second-order valence-corrected chi connectivity index (χ2v) is 9.83. The molecule has 6 rings (SSSR count). The van der Waals surface area contributed by atoms with E-state index < -0.39 is 12.1 Å². The lowest BCUT2D eigenvalue weighted by atomic mass is 9.48. The monoisotopic (exact) mass is 417 g/mol. The van der Waals surface area contributed by atoms with E-state index in [2.05, 4.69) is 40.2 Å². The summed E-state index contributed by atoms with van der Waals surface area (Å²) in [6, 6.07) is 17.0. The highest BCUT2D eigenvalue weighted by Crippen LogP contribution is 2.60. The Labute approximate surface area is 184 Å². The van der Waals surface area contributed by atoms with E-state index in [-0.39, 0.29) is 5.91 Å². The summed E-state index contributed by atoms with van der Waals surface area (Å²) in [4.78, 5) is 24.5. The maximum atomic E-state index is 12.8.